The van der Waals surface area contributed by atoms with E-state index in [1.165, 1.54) is 0 Å². The van der Waals surface area contributed by atoms with E-state index >= 15 is 0 Å². The molecule has 2 aromatic rings. The van der Waals surface area contributed by atoms with E-state index in [0.29, 0.717) is 0 Å². The zero-order chi connectivity index (χ0) is 10.8. The first kappa shape index (κ1) is 9.15. The van der Waals surface area contributed by atoms with Gasteiger partial charge in [0.25, 0.3) is 0 Å². The molecule has 4 heteroatoms. The fourth-order valence-electron chi connectivity index (χ4n) is 1.92. The highest BCUT2D eigenvalue weighted by Gasteiger charge is 2.18. The summed E-state index contributed by atoms with van der Waals surface area (Å²) in [5, 5.41) is 3.37. The summed E-state index contributed by atoms with van der Waals surface area (Å²) in [7, 11) is 0. The van der Waals surface area contributed by atoms with Crippen LogP contribution >= 0.6 is 0 Å². The fourth-order valence-corrected chi connectivity index (χ4v) is 1.92. The summed E-state index contributed by atoms with van der Waals surface area (Å²) in [5.41, 5.74) is 2.28. The molecule has 4 nitrogen and oxygen atoms in total. The standard InChI is InChI=1S/C12H12N4/c1-2-5-11-10(4-1)13-8-9-16(11)12-14-6-3-7-15-12/h1-7,13H,8-9H2. The van der Waals surface area contributed by atoms with Gasteiger partial charge in [-0.3, -0.25) is 0 Å². The fraction of sp³-hybridized carbons (Fsp3) is 0.167. The maximum atomic E-state index is 4.29. The van der Waals surface area contributed by atoms with Crippen molar-refractivity contribution >= 4 is 17.3 Å². The van der Waals surface area contributed by atoms with Gasteiger partial charge in [-0.05, 0) is 18.2 Å². The Morgan fingerprint density at radius 2 is 1.88 bits per heavy atom. The minimum absolute atomic E-state index is 0.761. The number of nitrogens with zero attached hydrogens (tertiary/aromatic N) is 3. The quantitative estimate of drug-likeness (QED) is 0.785. The largest absolute Gasteiger partial charge is 0.382 e. The van der Waals surface area contributed by atoms with E-state index in [2.05, 4.69) is 32.3 Å². The number of nitrogens with one attached hydrogen (secondary N) is 1. The number of rotatable bonds is 1. The lowest BCUT2D eigenvalue weighted by molar-refractivity contribution is 0.882. The smallest absolute Gasteiger partial charge is 0.229 e. The number of para-hydroxylation sites is 2. The van der Waals surface area contributed by atoms with Gasteiger partial charge in [-0.1, -0.05) is 12.1 Å². The van der Waals surface area contributed by atoms with E-state index in [-0.39, 0.29) is 0 Å². The maximum Gasteiger partial charge on any atom is 0.229 e. The van der Waals surface area contributed by atoms with Gasteiger partial charge in [-0.25, -0.2) is 9.97 Å². The minimum Gasteiger partial charge on any atom is -0.382 e. The van der Waals surface area contributed by atoms with E-state index in [1.807, 2.05) is 18.2 Å². The molecular formula is C12H12N4. The number of anilines is 3. The third kappa shape index (κ3) is 1.48. The first-order valence-corrected chi connectivity index (χ1v) is 5.32. The Hall–Kier alpha value is -2.10. The second-order valence-electron chi connectivity index (χ2n) is 3.64. The Kier molecular flexibility index (Phi) is 2.18. The molecule has 0 unspecified atom stereocenters. The lowest BCUT2D eigenvalue weighted by atomic mass is 10.2. The van der Waals surface area contributed by atoms with Gasteiger partial charge in [0.1, 0.15) is 0 Å². The zero-order valence-electron chi connectivity index (χ0n) is 8.80. The van der Waals surface area contributed by atoms with Gasteiger partial charge in [0.05, 0.1) is 11.4 Å². The minimum atomic E-state index is 0.761. The van der Waals surface area contributed by atoms with Crippen molar-refractivity contribution in [3.8, 4) is 0 Å². The summed E-state index contributed by atoms with van der Waals surface area (Å²) in [6, 6.07) is 10.0. The Labute approximate surface area is 94.0 Å². The van der Waals surface area contributed by atoms with E-state index in [1.54, 1.807) is 12.4 Å². The summed E-state index contributed by atoms with van der Waals surface area (Å²) < 4.78 is 0. The average molecular weight is 212 g/mol. The van der Waals surface area contributed by atoms with Crippen molar-refractivity contribution in [2.24, 2.45) is 0 Å². The van der Waals surface area contributed by atoms with Crippen molar-refractivity contribution in [3.63, 3.8) is 0 Å². The molecule has 0 saturated heterocycles. The van der Waals surface area contributed by atoms with Crippen molar-refractivity contribution in [2.75, 3.05) is 23.3 Å². The second-order valence-corrected chi connectivity index (χ2v) is 3.64. The van der Waals surface area contributed by atoms with Crippen molar-refractivity contribution in [1.82, 2.24) is 9.97 Å². The third-order valence-electron chi connectivity index (χ3n) is 2.64. The Balaban J connectivity index is 2.05. The van der Waals surface area contributed by atoms with Gasteiger partial charge in [0, 0.05) is 25.5 Å². The molecule has 1 aliphatic heterocycles. The van der Waals surface area contributed by atoms with Crippen LogP contribution in [0.2, 0.25) is 0 Å². The molecule has 1 aromatic carbocycles. The van der Waals surface area contributed by atoms with Crippen LogP contribution in [0.1, 0.15) is 0 Å². The first-order chi connectivity index (χ1) is 7.95. The molecule has 3 rings (SSSR count). The number of hydrogen-bond acceptors (Lipinski definition) is 4. The predicted molar refractivity (Wildman–Crippen MR) is 64.0 cm³/mol. The molecule has 0 aliphatic carbocycles. The Bertz CT molecular complexity index is 483. The molecule has 0 atom stereocenters. The number of benzene rings is 1. The highest BCUT2D eigenvalue weighted by atomic mass is 15.3. The predicted octanol–water partition coefficient (Wildman–Crippen LogP) is 2.04. The van der Waals surface area contributed by atoms with Crippen LogP contribution in [0, 0.1) is 0 Å². The molecule has 1 aromatic heterocycles. The Morgan fingerprint density at radius 1 is 1.06 bits per heavy atom. The molecule has 16 heavy (non-hydrogen) atoms. The molecule has 0 spiro atoms. The van der Waals surface area contributed by atoms with Gasteiger partial charge >= 0.3 is 0 Å². The van der Waals surface area contributed by atoms with Crippen LogP contribution in [0.3, 0.4) is 0 Å². The van der Waals surface area contributed by atoms with Gasteiger partial charge in [0.15, 0.2) is 0 Å². The molecule has 1 aliphatic rings. The second kappa shape index (κ2) is 3.81. The number of hydrogen-bond donors (Lipinski definition) is 1. The summed E-state index contributed by atoms with van der Waals surface area (Å²) in [6.45, 7) is 1.80. The van der Waals surface area contributed by atoms with Crippen LogP contribution in [-0.4, -0.2) is 23.1 Å². The normalized spacial score (nSPS) is 14.1. The summed E-state index contributed by atoms with van der Waals surface area (Å²) in [4.78, 5) is 10.7. The van der Waals surface area contributed by atoms with Crippen molar-refractivity contribution < 1.29 is 0 Å². The van der Waals surface area contributed by atoms with Crippen LogP contribution in [0.25, 0.3) is 0 Å². The van der Waals surface area contributed by atoms with Gasteiger partial charge < -0.3 is 10.2 Å². The van der Waals surface area contributed by atoms with Crippen LogP contribution in [0.5, 0.6) is 0 Å². The summed E-state index contributed by atoms with van der Waals surface area (Å²) >= 11 is 0. The van der Waals surface area contributed by atoms with E-state index in [0.717, 1.165) is 30.4 Å². The molecule has 0 fully saturated rings. The van der Waals surface area contributed by atoms with E-state index in [9.17, 15) is 0 Å². The van der Waals surface area contributed by atoms with Crippen LogP contribution in [0.4, 0.5) is 17.3 Å². The van der Waals surface area contributed by atoms with Crippen molar-refractivity contribution in [1.29, 1.82) is 0 Å². The van der Waals surface area contributed by atoms with Crippen LogP contribution < -0.4 is 10.2 Å². The highest BCUT2D eigenvalue weighted by Crippen LogP contribution is 2.31. The topological polar surface area (TPSA) is 41.1 Å². The molecule has 80 valence electrons. The summed E-state index contributed by atoms with van der Waals surface area (Å²) in [5.74, 6) is 0.761. The van der Waals surface area contributed by atoms with Crippen LogP contribution in [-0.2, 0) is 0 Å². The van der Waals surface area contributed by atoms with Gasteiger partial charge in [-0.15, -0.1) is 0 Å². The van der Waals surface area contributed by atoms with Gasteiger partial charge in [0.2, 0.25) is 5.95 Å². The highest BCUT2D eigenvalue weighted by molar-refractivity contribution is 5.76. The molecular weight excluding hydrogens is 200 g/mol. The molecule has 0 radical (unpaired) electrons. The van der Waals surface area contributed by atoms with Crippen LogP contribution in [0.15, 0.2) is 42.7 Å². The van der Waals surface area contributed by atoms with E-state index < -0.39 is 0 Å². The van der Waals surface area contributed by atoms with Crippen molar-refractivity contribution in [3.05, 3.63) is 42.7 Å². The lowest BCUT2D eigenvalue weighted by Crippen LogP contribution is -2.31. The number of fused-ring (bicyclic) bond motifs is 1. The molecule has 1 N–H and O–H groups in total. The molecule has 0 amide bonds. The average Bonchev–Trinajstić information content (AvgIpc) is 2.39. The lowest BCUT2D eigenvalue weighted by Gasteiger charge is -2.29. The summed E-state index contributed by atoms with van der Waals surface area (Å²) in [6.07, 6.45) is 3.54. The van der Waals surface area contributed by atoms with Crippen molar-refractivity contribution in [2.45, 2.75) is 0 Å². The molecule has 0 saturated carbocycles. The maximum absolute atomic E-state index is 4.29. The molecule has 2 heterocycles. The Morgan fingerprint density at radius 3 is 2.75 bits per heavy atom. The number of aromatic nitrogens is 2. The molecule has 0 bridgehead atoms. The van der Waals surface area contributed by atoms with Gasteiger partial charge in [-0.2, -0.15) is 0 Å². The first-order valence-electron chi connectivity index (χ1n) is 5.32. The SMILES string of the molecule is c1cnc(N2CCNc3ccccc32)nc1. The zero-order valence-corrected chi connectivity index (χ0v) is 8.80. The monoisotopic (exact) mass is 212 g/mol. The third-order valence-corrected chi connectivity index (χ3v) is 2.64. The van der Waals surface area contributed by atoms with E-state index in [4.69, 9.17) is 0 Å².